The van der Waals surface area contributed by atoms with Crippen molar-refractivity contribution in [3.63, 3.8) is 0 Å². The molecule has 1 aromatic carbocycles. The first kappa shape index (κ1) is 28.6. The Labute approximate surface area is 189 Å². The number of thioether (sulfide) groups is 1. The van der Waals surface area contributed by atoms with Crippen molar-refractivity contribution in [1.29, 1.82) is 0 Å². The molecule has 31 heavy (non-hydrogen) atoms. The van der Waals surface area contributed by atoms with Gasteiger partial charge in [-0.2, -0.15) is 11.8 Å². The first-order valence-corrected chi connectivity index (χ1v) is 14.5. The quantitative estimate of drug-likeness (QED) is 0.150. The molecule has 1 rings (SSSR count). The largest absolute Gasteiger partial charge is 0.379 e. The van der Waals surface area contributed by atoms with Crippen molar-refractivity contribution in [1.82, 2.24) is 0 Å². The molecule has 0 saturated heterocycles. The lowest BCUT2D eigenvalue weighted by atomic mass is 10.0. The van der Waals surface area contributed by atoms with Crippen LogP contribution in [0.2, 0.25) is 0 Å². The van der Waals surface area contributed by atoms with Crippen molar-refractivity contribution in [3.8, 4) is 0 Å². The Morgan fingerprint density at radius 3 is 1.71 bits per heavy atom. The number of aryl methyl sites for hydroxylation is 1. The highest BCUT2D eigenvalue weighted by atomic mass is 32.5. The Kier molecular flexibility index (Phi) is 11.7. The van der Waals surface area contributed by atoms with Gasteiger partial charge in [-0.1, -0.05) is 76.5 Å². The van der Waals surface area contributed by atoms with Crippen LogP contribution in [-0.2, 0) is 11.2 Å². The molecule has 0 spiro atoms. The normalized spacial score (nSPS) is 14.6. The molecule has 0 amide bonds. The summed E-state index contributed by atoms with van der Waals surface area (Å²) in [5, 5.41) is 0. The zero-order valence-electron chi connectivity index (χ0n) is 18.9. The van der Waals surface area contributed by atoms with Crippen LogP contribution in [0.1, 0.15) is 83.6 Å². The number of unbranched alkanes of at least 4 members (excludes halogenated alkanes) is 8. The fraction of sp³-hybridized carbons (Fsp3) is 0.739. The van der Waals surface area contributed by atoms with E-state index in [-0.39, 0.29) is 0 Å². The number of halogens is 5. The van der Waals surface area contributed by atoms with E-state index in [9.17, 15) is 19.4 Å². The minimum Gasteiger partial charge on any atom is -0.379 e. The molecule has 0 aliphatic heterocycles. The lowest BCUT2D eigenvalue weighted by Crippen LogP contribution is -2.05. The smallest absolute Gasteiger partial charge is 0.310 e. The van der Waals surface area contributed by atoms with Gasteiger partial charge in [0.1, 0.15) is 4.90 Å². The van der Waals surface area contributed by atoms with Crippen molar-refractivity contribution < 1.29 is 24.2 Å². The summed E-state index contributed by atoms with van der Waals surface area (Å²) in [7, 11) is -9.55. The second kappa shape index (κ2) is 12.7. The lowest BCUT2D eigenvalue weighted by Gasteiger charge is -2.40. The van der Waals surface area contributed by atoms with Gasteiger partial charge in [0.25, 0.3) is 0 Å². The molecule has 0 aliphatic rings. The number of hydrogen-bond acceptors (Lipinski definition) is 2. The third-order valence-corrected chi connectivity index (χ3v) is 7.32. The average Bonchev–Trinajstić information content (AvgIpc) is 2.66. The molecule has 0 radical (unpaired) electrons. The molecule has 0 bridgehead atoms. The molecular formula is C23H39F5OS2. The van der Waals surface area contributed by atoms with Crippen molar-refractivity contribution in [2.45, 2.75) is 95.5 Å². The fourth-order valence-electron chi connectivity index (χ4n) is 3.27. The van der Waals surface area contributed by atoms with Gasteiger partial charge in [-0.3, -0.25) is 0 Å². The highest BCUT2D eigenvalue weighted by Gasteiger charge is 2.65. The third-order valence-electron chi connectivity index (χ3n) is 5.01. The summed E-state index contributed by atoms with van der Waals surface area (Å²) in [6.45, 7) is 4.98. The molecule has 0 saturated carbocycles. The standard InChI is InChI=1S/C23H39F5OS2/c1-21(2)29-18-12-20-30-19-11-9-7-5-3-4-6-8-10-13-22-14-16-23(17-15-22)31(24,25,26,27)28/h14-17,21H,3-13,18-20H2,1-2H3. The van der Waals surface area contributed by atoms with Gasteiger partial charge in [0.05, 0.1) is 6.10 Å². The molecule has 1 nitrogen and oxygen atoms in total. The van der Waals surface area contributed by atoms with Crippen LogP contribution >= 0.6 is 22.0 Å². The number of ether oxygens (including phenoxy) is 1. The first-order chi connectivity index (χ1) is 14.4. The SMILES string of the molecule is CC(C)OCCCSCCCCCCCCCCCc1ccc(S(F)(F)(F)(F)F)cc1. The Morgan fingerprint density at radius 1 is 0.710 bits per heavy atom. The summed E-state index contributed by atoms with van der Waals surface area (Å²) in [5.41, 5.74) is 0.677. The summed E-state index contributed by atoms with van der Waals surface area (Å²) in [6.07, 6.45) is 12.5. The zero-order valence-corrected chi connectivity index (χ0v) is 20.5. The summed E-state index contributed by atoms with van der Waals surface area (Å²) < 4.78 is 69.0. The molecule has 0 fully saturated rings. The van der Waals surface area contributed by atoms with Crippen molar-refractivity contribution in [2.75, 3.05) is 18.1 Å². The number of rotatable bonds is 18. The maximum Gasteiger partial charge on any atom is 0.310 e. The minimum absolute atomic E-state index is 0.322. The van der Waals surface area contributed by atoms with Crippen molar-refractivity contribution >= 4 is 22.0 Å². The fourth-order valence-corrected chi connectivity index (χ4v) is 4.85. The predicted molar refractivity (Wildman–Crippen MR) is 126 cm³/mol. The second-order valence-corrected chi connectivity index (χ2v) is 12.1. The average molecular weight is 491 g/mol. The van der Waals surface area contributed by atoms with E-state index in [1.807, 2.05) is 11.8 Å². The monoisotopic (exact) mass is 490 g/mol. The Balaban J connectivity index is 1.93. The van der Waals surface area contributed by atoms with Crippen molar-refractivity contribution in [3.05, 3.63) is 29.8 Å². The maximum atomic E-state index is 12.7. The van der Waals surface area contributed by atoms with Crippen molar-refractivity contribution in [2.24, 2.45) is 0 Å². The molecule has 184 valence electrons. The molecule has 0 aromatic heterocycles. The predicted octanol–water partition coefficient (Wildman–Crippen LogP) is 9.95. The van der Waals surface area contributed by atoms with Crippen LogP contribution in [0.4, 0.5) is 19.4 Å². The molecule has 8 heteroatoms. The minimum atomic E-state index is -9.55. The van der Waals surface area contributed by atoms with Crippen LogP contribution in [0.25, 0.3) is 0 Å². The van der Waals surface area contributed by atoms with E-state index in [1.54, 1.807) is 0 Å². The number of hydrogen-bond donors (Lipinski definition) is 0. The molecule has 1 aromatic rings. The van der Waals surface area contributed by atoms with Gasteiger partial charge in [0, 0.05) is 6.61 Å². The molecular weight excluding hydrogens is 451 g/mol. The Bertz CT molecular complexity index is 603. The Hall–Kier alpha value is -0.470. The van der Waals surface area contributed by atoms with Gasteiger partial charge in [-0.15, -0.1) is 0 Å². The van der Waals surface area contributed by atoms with E-state index >= 15 is 0 Å². The van der Waals surface area contributed by atoms with E-state index in [4.69, 9.17) is 4.74 Å². The van der Waals surface area contributed by atoms with Crippen LogP contribution in [0.15, 0.2) is 29.2 Å². The summed E-state index contributed by atoms with van der Waals surface area (Å²) in [5.74, 6) is 2.40. The summed E-state index contributed by atoms with van der Waals surface area (Å²) in [4.78, 5) is -1.81. The van der Waals surface area contributed by atoms with E-state index < -0.39 is 15.1 Å². The third kappa shape index (κ3) is 15.1. The van der Waals surface area contributed by atoms with E-state index in [1.165, 1.54) is 62.2 Å². The van der Waals surface area contributed by atoms with E-state index in [2.05, 4.69) is 13.8 Å². The van der Waals surface area contributed by atoms with Gasteiger partial charge in [0.2, 0.25) is 0 Å². The number of benzene rings is 1. The van der Waals surface area contributed by atoms with Crippen LogP contribution in [0, 0.1) is 0 Å². The van der Waals surface area contributed by atoms with Crippen LogP contribution < -0.4 is 0 Å². The van der Waals surface area contributed by atoms with Gasteiger partial charge in [0.15, 0.2) is 0 Å². The van der Waals surface area contributed by atoms with Gasteiger partial charge < -0.3 is 4.74 Å². The molecule has 0 unspecified atom stereocenters. The van der Waals surface area contributed by atoms with Crippen LogP contribution in [0.5, 0.6) is 0 Å². The summed E-state index contributed by atoms with van der Waals surface area (Å²) >= 11 is 2.01. The van der Waals surface area contributed by atoms with Gasteiger partial charge in [-0.05, 0) is 68.7 Å². The van der Waals surface area contributed by atoms with E-state index in [0.717, 1.165) is 32.3 Å². The first-order valence-electron chi connectivity index (χ1n) is 11.4. The maximum absolute atomic E-state index is 12.7. The van der Waals surface area contributed by atoms with Gasteiger partial charge >= 0.3 is 10.2 Å². The molecule has 0 atom stereocenters. The molecule has 0 N–H and O–H groups in total. The highest BCUT2D eigenvalue weighted by molar-refractivity contribution is 8.45. The van der Waals surface area contributed by atoms with Crippen LogP contribution in [0.3, 0.4) is 0 Å². The van der Waals surface area contributed by atoms with E-state index in [0.29, 0.717) is 30.2 Å². The summed E-state index contributed by atoms with van der Waals surface area (Å²) in [6, 6.07) is 3.36. The topological polar surface area (TPSA) is 9.23 Å². The zero-order chi connectivity index (χ0) is 23.3. The van der Waals surface area contributed by atoms with Crippen LogP contribution in [-0.4, -0.2) is 24.2 Å². The highest BCUT2D eigenvalue weighted by Crippen LogP contribution is 3.02. The lowest BCUT2D eigenvalue weighted by molar-refractivity contribution is 0.0799. The molecule has 0 heterocycles. The second-order valence-electron chi connectivity index (χ2n) is 8.43. The Morgan fingerprint density at radius 2 is 1.19 bits per heavy atom. The van der Waals surface area contributed by atoms with Gasteiger partial charge in [-0.25, -0.2) is 0 Å². The molecule has 0 aliphatic carbocycles.